The summed E-state index contributed by atoms with van der Waals surface area (Å²) in [6.07, 6.45) is 1.58. The van der Waals surface area contributed by atoms with Gasteiger partial charge < -0.3 is 21.7 Å². The molecule has 1 aliphatic rings. The molecule has 2 amide bonds. The fraction of sp³-hybridized carbons (Fsp3) is 0.429. The lowest BCUT2D eigenvalue weighted by Gasteiger charge is -2.35. The van der Waals surface area contributed by atoms with Crippen LogP contribution in [0.25, 0.3) is 0 Å². The Morgan fingerprint density at radius 3 is 2.48 bits per heavy atom. The van der Waals surface area contributed by atoms with Crippen LogP contribution in [-0.2, 0) is 4.79 Å². The number of primary amides is 1. The summed E-state index contributed by atoms with van der Waals surface area (Å²) in [5, 5.41) is 3.32. The maximum Gasteiger partial charge on any atom is 0.250 e. The summed E-state index contributed by atoms with van der Waals surface area (Å²) >= 11 is 6.23. The Labute approximate surface area is 128 Å². The van der Waals surface area contributed by atoms with Gasteiger partial charge in [-0.2, -0.15) is 0 Å². The maximum atomic E-state index is 11.6. The first-order valence-corrected chi connectivity index (χ1v) is 7.17. The van der Waals surface area contributed by atoms with Crippen molar-refractivity contribution in [3.05, 3.63) is 22.7 Å². The topological polar surface area (TPSA) is 101 Å². The van der Waals surface area contributed by atoms with Crippen molar-refractivity contribution >= 4 is 34.8 Å². The lowest BCUT2D eigenvalue weighted by atomic mass is 10.0. The third kappa shape index (κ3) is 3.58. The number of anilines is 2. The Morgan fingerprint density at radius 1 is 1.33 bits per heavy atom. The van der Waals surface area contributed by atoms with Crippen molar-refractivity contribution in [2.24, 2.45) is 5.73 Å². The van der Waals surface area contributed by atoms with E-state index in [9.17, 15) is 9.59 Å². The smallest absolute Gasteiger partial charge is 0.250 e. The summed E-state index contributed by atoms with van der Waals surface area (Å²) in [6, 6.07) is 3.32. The van der Waals surface area contributed by atoms with Crippen molar-refractivity contribution in [3.63, 3.8) is 0 Å². The molecule has 1 saturated heterocycles. The van der Waals surface area contributed by atoms with Gasteiger partial charge in [0.25, 0.3) is 5.91 Å². The quantitative estimate of drug-likeness (QED) is 0.728. The van der Waals surface area contributed by atoms with E-state index in [4.69, 9.17) is 23.1 Å². The van der Waals surface area contributed by atoms with Gasteiger partial charge in [-0.3, -0.25) is 9.59 Å². The molecular weight excluding hydrogens is 292 g/mol. The number of nitrogens with two attached hydrogens (primary N) is 2. The van der Waals surface area contributed by atoms with Crippen LogP contribution in [0.3, 0.4) is 0 Å². The second-order valence-corrected chi connectivity index (χ2v) is 5.63. The van der Waals surface area contributed by atoms with Gasteiger partial charge in [0.15, 0.2) is 0 Å². The van der Waals surface area contributed by atoms with Crippen molar-refractivity contribution < 1.29 is 9.59 Å². The van der Waals surface area contributed by atoms with E-state index in [1.807, 2.05) is 4.90 Å². The Hall–Kier alpha value is -1.95. The average molecular weight is 311 g/mol. The van der Waals surface area contributed by atoms with Crippen LogP contribution >= 0.6 is 11.6 Å². The predicted octanol–water partition coefficient (Wildman–Crippen LogP) is 1.13. The van der Waals surface area contributed by atoms with E-state index in [0.717, 1.165) is 12.8 Å². The number of carbonyl (C=O) groups is 2. The predicted molar refractivity (Wildman–Crippen MR) is 83.4 cm³/mol. The number of rotatable bonds is 3. The Balaban J connectivity index is 2.20. The van der Waals surface area contributed by atoms with Crippen LogP contribution in [0.4, 0.5) is 11.4 Å². The van der Waals surface area contributed by atoms with Gasteiger partial charge in [-0.1, -0.05) is 11.6 Å². The van der Waals surface area contributed by atoms with Gasteiger partial charge in [-0.15, -0.1) is 0 Å². The van der Waals surface area contributed by atoms with Crippen molar-refractivity contribution in [1.29, 1.82) is 0 Å². The molecule has 0 saturated carbocycles. The summed E-state index contributed by atoms with van der Waals surface area (Å²) in [6.45, 7) is 2.89. The number of amides is 2. The number of nitrogen functional groups attached to an aromatic ring is 1. The average Bonchev–Trinajstić information content (AvgIpc) is 2.38. The highest BCUT2D eigenvalue weighted by molar-refractivity contribution is 6.34. The van der Waals surface area contributed by atoms with Gasteiger partial charge in [-0.05, 0) is 25.0 Å². The van der Waals surface area contributed by atoms with E-state index < -0.39 is 5.91 Å². The normalized spacial score (nSPS) is 15.8. The monoisotopic (exact) mass is 310 g/mol. The fourth-order valence-corrected chi connectivity index (χ4v) is 3.01. The van der Waals surface area contributed by atoms with Gasteiger partial charge in [0.2, 0.25) is 5.91 Å². The van der Waals surface area contributed by atoms with Gasteiger partial charge in [-0.25, -0.2) is 0 Å². The summed E-state index contributed by atoms with van der Waals surface area (Å²) in [5.74, 6) is -0.583. The zero-order chi connectivity index (χ0) is 15.6. The molecule has 0 aromatic heterocycles. The Kier molecular flexibility index (Phi) is 4.57. The summed E-state index contributed by atoms with van der Waals surface area (Å²) in [7, 11) is 0. The zero-order valence-corrected chi connectivity index (χ0v) is 12.6. The van der Waals surface area contributed by atoms with Gasteiger partial charge in [0, 0.05) is 31.7 Å². The first kappa shape index (κ1) is 15.4. The number of hydrogen-bond donors (Lipinski definition) is 3. The molecule has 0 unspecified atom stereocenters. The molecule has 1 fully saturated rings. The van der Waals surface area contributed by atoms with Gasteiger partial charge in [0.1, 0.15) is 0 Å². The first-order chi connectivity index (χ1) is 9.88. The van der Waals surface area contributed by atoms with E-state index in [0.29, 0.717) is 35.1 Å². The maximum absolute atomic E-state index is 11.6. The zero-order valence-electron chi connectivity index (χ0n) is 11.9. The molecule has 0 radical (unpaired) electrons. The van der Waals surface area contributed by atoms with Crippen molar-refractivity contribution in [2.75, 3.05) is 23.7 Å². The van der Waals surface area contributed by atoms with E-state index in [2.05, 4.69) is 5.32 Å². The molecule has 1 aromatic carbocycles. The van der Waals surface area contributed by atoms with Crippen LogP contribution in [0.15, 0.2) is 12.1 Å². The van der Waals surface area contributed by atoms with Crippen molar-refractivity contribution in [3.8, 4) is 0 Å². The van der Waals surface area contributed by atoms with Crippen LogP contribution in [0.1, 0.15) is 30.1 Å². The van der Waals surface area contributed by atoms with E-state index in [1.165, 1.54) is 6.92 Å². The van der Waals surface area contributed by atoms with E-state index in [-0.39, 0.29) is 11.9 Å². The van der Waals surface area contributed by atoms with Gasteiger partial charge >= 0.3 is 0 Å². The number of hydrogen-bond acceptors (Lipinski definition) is 4. The second kappa shape index (κ2) is 6.22. The van der Waals surface area contributed by atoms with Crippen LogP contribution in [-0.4, -0.2) is 30.9 Å². The fourth-order valence-electron chi connectivity index (χ4n) is 2.66. The minimum absolute atomic E-state index is 0.0307. The van der Waals surface area contributed by atoms with E-state index >= 15 is 0 Å². The summed E-state index contributed by atoms with van der Waals surface area (Å²) < 4.78 is 0. The molecule has 2 rings (SSSR count). The number of piperidine rings is 1. The molecule has 0 spiro atoms. The second-order valence-electron chi connectivity index (χ2n) is 5.22. The molecule has 1 aromatic rings. The lowest BCUT2D eigenvalue weighted by molar-refractivity contribution is -0.119. The molecule has 5 N–H and O–H groups in total. The van der Waals surface area contributed by atoms with Crippen molar-refractivity contribution in [1.82, 2.24) is 5.32 Å². The number of nitrogens with zero attached hydrogens (tertiary/aromatic N) is 1. The largest absolute Gasteiger partial charge is 0.399 e. The number of nitrogens with one attached hydrogen (secondary N) is 1. The highest BCUT2D eigenvalue weighted by atomic mass is 35.5. The molecule has 1 aliphatic heterocycles. The number of halogens is 1. The van der Waals surface area contributed by atoms with Crippen LogP contribution < -0.4 is 21.7 Å². The van der Waals surface area contributed by atoms with Crippen LogP contribution in [0, 0.1) is 0 Å². The Bertz CT molecular complexity index is 568. The molecule has 21 heavy (non-hydrogen) atoms. The SMILES string of the molecule is CC(=O)NC1CCN(c2c(Cl)cc(N)cc2C(N)=O)CC1. The van der Waals surface area contributed by atoms with Crippen molar-refractivity contribution in [2.45, 2.75) is 25.8 Å². The van der Waals surface area contributed by atoms with Crippen LogP contribution in [0.2, 0.25) is 5.02 Å². The third-order valence-electron chi connectivity index (χ3n) is 3.57. The highest BCUT2D eigenvalue weighted by Gasteiger charge is 2.25. The molecule has 1 heterocycles. The molecule has 114 valence electrons. The molecule has 0 atom stereocenters. The molecule has 0 aliphatic carbocycles. The number of benzene rings is 1. The molecule has 0 bridgehead atoms. The summed E-state index contributed by atoms with van der Waals surface area (Å²) in [5.41, 5.74) is 12.5. The highest BCUT2D eigenvalue weighted by Crippen LogP contribution is 2.34. The first-order valence-electron chi connectivity index (χ1n) is 6.79. The minimum atomic E-state index is -0.553. The molecule has 7 heteroatoms. The molecule has 6 nitrogen and oxygen atoms in total. The van der Waals surface area contributed by atoms with Crippen LogP contribution in [0.5, 0.6) is 0 Å². The van der Waals surface area contributed by atoms with E-state index in [1.54, 1.807) is 12.1 Å². The number of carbonyl (C=O) groups excluding carboxylic acids is 2. The third-order valence-corrected chi connectivity index (χ3v) is 3.86. The minimum Gasteiger partial charge on any atom is -0.399 e. The Morgan fingerprint density at radius 2 is 1.95 bits per heavy atom. The lowest BCUT2D eigenvalue weighted by Crippen LogP contribution is -2.44. The van der Waals surface area contributed by atoms with Gasteiger partial charge in [0.05, 0.1) is 16.3 Å². The molecular formula is C14H19ClN4O2. The standard InChI is InChI=1S/C14H19ClN4O2/c1-8(20)18-10-2-4-19(5-3-10)13-11(14(17)21)6-9(16)7-12(13)15/h6-7,10H,2-5,16H2,1H3,(H2,17,21)(H,18,20). The summed E-state index contributed by atoms with van der Waals surface area (Å²) in [4.78, 5) is 24.7.